The first kappa shape index (κ1) is 30.3. The van der Waals surface area contributed by atoms with Crippen LogP contribution in [-0.4, -0.2) is 22.2 Å². The van der Waals surface area contributed by atoms with Crippen molar-refractivity contribution >= 4 is 11.9 Å². The second-order valence-corrected chi connectivity index (χ2v) is 6.96. The van der Waals surface area contributed by atoms with E-state index >= 15 is 0 Å². The minimum Gasteiger partial charge on any atom is -0.481 e. The van der Waals surface area contributed by atoms with E-state index in [1.54, 1.807) is 5.92 Å². The standard InChI is InChI=1S/C18H37.C3H4O4.Li/c1-4-6-8-9-10-11-12-13-14-15-17-18(3)16-7-5-2;4-2(5)1-3(6)7;/h4-17H2,1-3H3;1H2,(H,4,5)(H,6,7);/q-1;;+1. The fourth-order valence-electron chi connectivity index (χ4n) is 2.65. The first-order valence-electron chi connectivity index (χ1n) is 10.2. The maximum absolute atomic E-state index is 9.43. The zero-order valence-electron chi connectivity index (χ0n) is 17.8. The molecule has 0 radical (unpaired) electrons. The van der Waals surface area contributed by atoms with Crippen LogP contribution in [0, 0.1) is 5.92 Å². The van der Waals surface area contributed by atoms with E-state index in [2.05, 4.69) is 20.8 Å². The molecule has 0 fully saturated rings. The van der Waals surface area contributed by atoms with Gasteiger partial charge in [-0.15, -0.1) is 0 Å². The second-order valence-electron chi connectivity index (χ2n) is 6.96. The predicted molar refractivity (Wildman–Crippen MR) is 105 cm³/mol. The smallest absolute Gasteiger partial charge is 0.481 e. The molecule has 150 valence electrons. The molecule has 0 amide bonds. The summed E-state index contributed by atoms with van der Waals surface area (Å²) in [6.07, 6.45) is 19.2. The van der Waals surface area contributed by atoms with Gasteiger partial charge in [0.25, 0.3) is 0 Å². The molecule has 4 nitrogen and oxygen atoms in total. The molecule has 0 rings (SSSR count). The first-order valence-corrected chi connectivity index (χ1v) is 10.2. The Kier molecular flexibility index (Phi) is 28.6. The van der Waals surface area contributed by atoms with Gasteiger partial charge in [-0.25, -0.2) is 0 Å². The zero-order valence-corrected chi connectivity index (χ0v) is 17.8. The van der Waals surface area contributed by atoms with E-state index in [-0.39, 0.29) is 18.9 Å². The van der Waals surface area contributed by atoms with Crippen molar-refractivity contribution in [1.29, 1.82) is 0 Å². The van der Waals surface area contributed by atoms with Crippen molar-refractivity contribution in [3.8, 4) is 0 Å². The summed E-state index contributed by atoms with van der Waals surface area (Å²) in [6.45, 7) is 6.93. The van der Waals surface area contributed by atoms with Crippen LogP contribution in [0.5, 0.6) is 0 Å². The summed E-state index contributed by atoms with van der Waals surface area (Å²) in [4.78, 5) is 18.9. The molecule has 0 spiro atoms. The van der Waals surface area contributed by atoms with E-state index in [1.165, 1.54) is 89.9 Å². The number of hydrogen-bond acceptors (Lipinski definition) is 2. The largest absolute Gasteiger partial charge is 1.00 e. The molecule has 0 unspecified atom stereocenters. The monoisotopic (exact) mass is 364 g/mol. The molecule has 0 aromatic heterocycles. The van der Waals surface area contributed by atoms with Crippen molar-refractivity contribution in [2.45, 2.75) is 117 Å². The van der Waals surface area contributed by atoms with Crippen LogP contribution in [0.2, 0.25) is 0 Å². The SMILES string of the molecule is CCCCCCCCCCCC[C-](C)CCCC.O=C(O)CC(=O)O.[Li+]. The topological polar surface area (TPSA) is 74.6 Å². The van der Waals surface area contributed by atoms with E-state index in [9.17, 15) is 9.59 Å². The van der Waals surface area contributed by atoms with Crippen LogP contribution in [0.1, 0.15) is 117 Å². The molecule has 0 atom stereocenters. The average molecular weight is 364 g/mol. The van der Waals surface area contributed by atoms with Gasteiger partial charge in [-0.1, -0.05) is 90.9 Å². The summed E-state index contributed by atoms with van der Waals surface area (Å²) in [5, 5.41) is 15.4. The van der Waals surface area contributed by atoms with Gasteiger partial charge in [-0.2, -0.15) is 19.8 Å². The van der Waals surface area contributed by atoms with E-state index in [1.807, 2.05) is 0 Å². The van der Waals surface area contributed by atoms with Gasteiger partial charge in [0.15, 0.2) is 0 Å². The van der Waals surface area contributed by atoms with E-state index in [0.717, 1.165) is 0 Å². The van der Waals surface area contributed by atoms with Crippen molar-refractivity contribution < 1.29 is 38.7 Å². The van der Waals surface area contributed by atoms with Gasteiger partial charge in [0.2, 0.25) is 0 Å². The molecule has 0 aliphatic rings. The maximum atomic E-state index is 9.43. The molecule has 0 aromatic carbocycles. The van der Waals surface area contributed by atoms with Crippen molar-refractivity contribution in [1.82, 2.24) is 0 Å². The number of carbonyl (C=O) groups is 2. The Morgan fingerprint density at radius 3 is 1.35 bits per heavy atom. The van der Waals surface area contributed by atoms with Gasteiger partial charge < -0.3 is 16.1 Å². The molecule has 2 N–H and O–H groups in total. The summed E-state index contributed by atoms with van der Waals surface area (Å²) in [7, 11) is 0. The van der Waals surface area contributed by atoms with E-state index in [0.29, 0.717) is 0 Å². The fraction of sp³-hybridized carbons (Fsp3) is 0.857. The molecular weight excluding hydrogens is 323 g/mol. The Balaban J connectivity index is -0.000000561. The molecule has 5 heteroatoms. The molecular formula is C21H41LiO4. The Morgan fingerprint density at radius 2 is 1.00 bits per heavy atom. The van der Waals surface area contributed by atoms with Crippen LogP contribution < -0.4 is 18.9 Å². The van der Waals surface area contributed by atoms with Crippen LogP contribution >= 0.6 is 0 Å². The molecule has 0 aliphatic heterocycles. The zero-order chi connectivity index (χ0) is 19.3. The van der Waals surface area contributed by atoms with Gasteiger partial charge in [-0.3, -0.25) is 9.59 Å². The number of unbranched alkanes of at least 4 members (excludes halogenated alkanes) is 10. The first-order chi connectivity index (χ1) is 11.9. The van der Waals surface area contributed by atoms with Crippen molar-refractivity contribution in [3.05, 3.63) is 5.92 Å². The molecule has 0 aromatic rings. The molecule has 26 heavy (non-hydrogen) atoms. The fourth-order valence-corrected chi connectivity index (χ4v) is 2.65. The third-order valence-electron chi connectivity index (χ3n) is 4.22. The summed E-state index contributed by atoms with van der Waals surface area (Å²) in [5.41, 5.74) is 0. The molecule has 0 saturated heterocycles. The molecule has 0 saturated carbocycles. The average Bonchev–Trinajstić information content (AvgIpc) is 2.54. The number of aliphatic carboxylic acids is 2. The van der Waals surface area contributed by atoms with E-state index in [4.69, 9.17) is 10.2 Å². The van der Waals surface area contributed by atoms with Crippen molar-refractivity contribution in [2.75, 3.05) is 0 Å². The Hall–Kier alpha value is -0.463. The van der Waals surface area contributed by atoms with E-state index < -0.39 is 18.4 Å². The van der Waals surface area contributed by atoms with Crippen molar-refractivity contribution in [2.24, 2.45) is 0 Å². The summed E-state index contributed by atoms with van der Waals surface area (Å²) in [6, 6.07) is 0. The third-order valence-corrected chi connectivity index (χ3v) is 4.22. The quantitative estimate of drug-likeness (QED) is 0.190. The Bertz CT molecular complexity index is 296. The predicted octanol–water partition coefficient (Wildman–Crippen LogP) is 3.63. The van der Waals surface area contributed by atoms with Crippen LogP contribution in [-0.2, 0) is 9.59 Å². The molecule has 0 heterocycles. The minimum absolute atomic E-state index is 0. The van der Waals surface area contributed by atoms with Crippen LogP contribution in [0.15, 0.2) is 0 Å². The third kappa shape index (κ3) is 31.3. The van der Waals surface area contributed by atoms with Gasteiger partial charge in [0.1, 0.15) is 6.42 Å². The normalized spacial score (nSPS) is 10.0. The van der Waals surface area contributed by atoms with Crippen LogP contribution in [0.25, 0.3) is 0 Å². The second kappa shape index (κ2) is 24.5. The summed E-state index contributed by atoms with van der Waals surface area (Å²) in [5.74, 6) is -0.892. The van der Waals surface area contributed by atoms with Crippen molar-refractivity contribution in [3.63, 3.8) is 0 Å². The van der Waals surface area contributed by atoms with Gasteiger partial charge in [0, 0.05) is 0 Å². The van der Waals surface area contributed by atoms with Gasteiger partial charge in [0.05, 0.1) is 0 Å². The number of carboxylic acid groups (broad SMARTS) is 2. The van der Waals surface area contributed by atoms with Gasteiger partial charge in [-0.05, 0) is 0 Å². The Morgan fingerprint density at radius 1 is 0.654 bits per heavy atom. The maximum Gasteiger partial charge on any atom is 1.00 e. The summed E-state index contributed by atoms with van der Waals surface area (Å²) >= 11 is 0. The van der Waals surface area contributed by atoms with Gasteiger partial charge >= 0.3 is 30.8 Å². The Labute approximate surface area is 173 Å². The minimum atomic E-state index is -1.31. The number of rotatable bonds is 16. The summed E-state index contributed by atoms with van der Waals surface area (Å²) < 4.78 is 0. The number of hydrogen-bond donors (Lipinski definition) is 2. The molecule has 0 bridgehead atoms. The van der Waals surface area contributed by atoms with Crippen LogP contribution in [0.4, 0.5) is 0 Å². The molecule has 0 aliphatic carbocycles. The van der Waals surface area contributed by atoms with Crippen LogP contribution in [0.3, 0.4) is 0 Å². The number of carboxylic acids is 2.